The molecule has 1 atom stereocenters. The van der Waals surface area contributed by atoms with Crippen molar-refractivity contribution < 1.29 is 9.53 Å². The van der Waals surface area contributed by atoms with E-state index in [9.17, 15) is 4.79 Å². The SMILES string of the molecule is O=C(Nc1cccnc1)C1Cn2ccnc2C2(CCN(Cc3ccccc3)CC2)O1. The Morgan fingerprint density at radius 2 is 1.97 bits per heavy atom. The van der Waals surface area contributed by atoms with Crippen LogP contribution in [0.15, 0.2) is 67.3 Å². The van der Waals surface area contributed by atoms with E-state index in [4.69, 9.17) is 4.74 Å². The highest BCUT2D eigenvalue weighted by molar-refractivity contribution is 5.94. The van der Waals surface area contributed by atoms with Crippen LogP contribution in [0.1, 0.15) is 24.2 Å². The number of carbonyl (C=O) groups is 1. The van der Waals surface area contributed by atoms with Crippen molar-refractivity contribution in [2.75, 3.05) is 18.4 Å². The van der Waals surface area contributed by atoms with Crippen LogP contribution in [-0.2, 0) is 28.2 Å². The van der Waals surface area contributed by atoms with Gasteiger partial charge in [0, 0.05) is 38.2 Å². The van der Waals surface area contributed by atoms with Crippen molar-refractivity contribution in [1.82, 2.24) is 19.4 Å². The average molecular weight is 403 g/mol. The van der Waals surface area contributed by atoms with Crippen molar-refractivity contribution in [2.45, 2.75) is 37.6 Å². The molecule has 0 saturated carbocycles. The largest absolute Gasteiger partial charge is 0.352 e. The van der Waals surface area contributed by atoms with E-state index in [0.717, 1.165) is 38.3 Å². The summed E-state index contributed by atoms with van der Waals surface area (Å²) < 4.78 is 8.56. The number of benzene rings is 1. The van der Waals surface area contributed by atoms with Crippen molar-refractivity contribution in [3.05, 3.63) is 78.6 Å². The molecule has 1 N–H and O–H groups in total. The Morgan fingerprint density at radius 3 is 2.73 bits per heavy atom. The number of ether oxygens (including phenoxy) is 1. The first-order valence-corrected chi connectivity index (χ1v) is 10.4. The van der Waals surface area contributed by atoms with Crippen LogP contribution >= 0.6 is 0 Å². The van der Waals surface area contributed by atoms with Gasteiger partial charge in [0.2, 0.25) is 0 Å². The lowest BCUT2D eigenvalue weighted by Crippen LogP contribution is -2.53. The minimum absolute atomic E-state index is 0.145. The topological polar surface area (TPSA) is 72.3 Å². The molecule has 2 aliphatic rings. The van der Waals surface area contributed by atoms with Gasteiger partial charge in [-0.3, -0.25) is 14.7 Å². The number of rotatable bonds is 4. The number of pyridine rings is 1. The van der Waals surface area contributed by atoms with Crippen molar-refractivity contribution in [2.24, 2.45) is 0 Å². The van der Waals surface area contributed by atoms with Gasteiger partial charge in [-0.15, -0.1) is 0 Å². The molecule has 30 heavy (non-hydrogen) atoms. The van der Waals surface area contributed by atoms with E-state index in [1.807, 2.05) is 18.3 Å². The third kappa shape index (κ3) is 3.74. The van der Waals surface area contributed by atoms with Crippen LogP contribution in [0.3, 0.4) is 0 Å². The molecule has 5 rings (SSSR count). The quantitative estimate of drug-likeness (QED) is 0.725. The number of fused-ring (bicyclic) bond motifs is 2. The fraction of sp³-hybridized carbons (Fsp3) is 0.348. The standard InChI is InChI=1S/C23H25N5O2/c29-21(26-19-7-4-10-24-15-19)20-17-28-14-11-25-22(28)23(30-20)8-12-27(13-9-23)16-18-5-2-1-3-6-18/h1-7,10-11,14-15,20H,8-9,12-13,16-17H2,(H,26,29). The third-order valence-corrected chi connectivity index (χ3v) is 5.99. The van der Waals surface area contributed by atoms with Gasteiger partial charge in [-0.1, -0.05) is 30.3 Å². The van der Waals surface area contributed by atoms with Crippen molar-refractivity contribution in [3.8, 4) is 0 Å². The van der Waals surface area contributed by atoms with Crippen LogP contribution in [-0.4, -0.2) is 44.5 Å². The van der Waals surface area contributed by atoms with Crippen LogP contribution in [0, 0.1) is 0 Å². The van der Waals surface area contributed by atoms with E-state index in [2.05, 4.69) is 49.0 Å². The highest BCUT2D eigenvalue weighted by atomic mass is 16.5. The number of hydrogen-bond acceptors (Lipinski definition) is 5. The monoisotopic (exact) mass is 403 g/mol. The molecule has 154 valence electrons. The molecule has 1 fully saturated rings. The van der Waals surface area contributed by atoms with E-state index in [1.54, 1.807) is 24.7 Å². The number of nitrogens with one attached hydrogen (secondary N) is 1. The van der Waals surface area contributed by atoms with Gasteiger partial charge in [-0.25, -0.2) is 4.98 Å². The zero-order valence-electron chi connectivity index (χ0n) is 16.8. The summed E-state index contributed by atoms with van der Waals surface area (Å²) in [4.78, 5) is 24.0. The van der Waals surface area contributed by atoms with Gasteiger partial charge in [0.1, 0.15) is 11.4 Å². The van der Waals surface area contributed by atoms with Gasteiger partial charge >= 0.3 is 0 Å². The molecule has 1 amide bonds. The van der Waals surface area contributed by atoms with E-state index < -0.39 is 11.7 Å². The molecular formula is C23H25N5O2. The minimum Gasteiger partial charge on any atom is -0.352 e. The second kappa shape index (κ2) is 8.01. The molecule has 0 radical (unpaired) electrons. The summed E-state index contributed by atoms with van der Waals surface area (Å²) in [5, 5.41) is 2.93. The predicted molar refractivity (Wildman–Crippen MR) is 113 cm³/mol. The molecule has 4 heterocycles. The summed E-state index contributed by atoms with van der Waals surface area (Å²) in [6.45, 7) is 3.20. The van der Waals surface area contributed by atoms with E-state index in [0.29, 0.717) is 12.2 Å². The molecule has 1 aromatic carbocycles. The molecule has 0 bridgehead atoms. The predicted octanol–water partition coefficient (Wildman–Crippen LogP) is 2.81. The number of hydrogen-bond donors (Lipinski definition) is 1. The third-order valence-electron chi connectivity index (χ3n) is 5.99. The molecule has 1 saturated heterocycles. The second-order valence-electron chi connectivity index (χ2n) is 8.00. The lowest BCUT2D eigenvalue weighted by atomic mass is 9.88. The average Bonchev–Trinajstić information content (AvgIpc) is 3.27. The highest BCUT2D eigenvalue weighted by Crippen LogP contribution is 2.40. The zero-order valence-corrected chi connectivity index (χ0v) is 16.8. The summed E-state index contributed by atoms with van der Waals surface area (Å²) in [7, 11) is 0. The van der Waals surface area contributed by atoms with Gasteiger partial charge in [0.15, 0.2) is 6.10 Å². The molecule has 7 nitrogen and oxygen atoms in total. The number of likely N-dealkylation sites (tertiary alicyclic amines) is 1. The lowest BCUT2D eigenvalue weighted by molar-refractivity contribution is -0.170. The fourth-order valence-electron chi connectivity index (χ4n) is 4.45. The molecule has 2 aliphatic heterocycles. The number of piperidine rings is 1. The van der Waals surface area contributed by atoms with Crippen LogP contribution in [0.2, 0.25) is 0 Å². The number of anilines is 1. The van der Waals surface area contributed by atoms with Crippen molar-refractivity contribution in [3.63, 3.8) is 0 Å². The maximum Gasteiger partial charge on any atom is 0.255 e. The Morgan fingerprint density at radius 1 is 1.13 bits per heavy atom. The number of nitrogens with zero attached hydrogens (tertiary/aromatic N) is 4. The number of amides is 1. The van der Waals surface area contributed by atoms with Crippen molar-refractivity contribution in [1.29, 1.82) is 0 Å². The lowest BCUT2D eigenvalue weighted by Gasteiger charge is -2.45. The Bertz CT molecular complexity index is 997. The maximum atomic E-state index is 12.9. The fourth-order valence-corrected chi connectivity index (χ4v) is 4.45. The maximum absolute atomic E-state index is 12.9. The van der Waals surface area contributed by atoms with Crippen LogP contribution in [0.4, 0.5) is 5.69 Å². The summed E-state index contributed by atoms with van der Waals surface area (Å²) >= 11 is 0. The van der Waals surface area contributed by atoms with Gasteiger partial charge in [-0.05, 0) is 30.5 Å². The molecule has 0 aliphatic carbocycles. The van der Waals surface area contributed by atoms with E-state index in [1.165, 1.54) is 5.56 Å². The zero-order chi connectivity index (χ0) is 20.4. The second-order valence-corrected chi connectivity index (χ2v) is 8.00. The summed E-state index contributed by atoms with van der Waals surface area (Å²) in [5.74, 6) is 0.792. The Balaban J connectivity index is 1.30. The smallest absolute Gasteiger partial charge is 0.255 e. The molecule has 1 unspecified atom stereocenters. The van der Waals surface area contributed by atoms with E-state index >= 15 is 0 Å². The molecule has 2 aromatic heterocycles. The first kappa shape index (κ1) is 19.0. The van der Waals surface area contributed by atoms with E-state index in [-0.39, 0.29) is 5.91 Å². The van der Waals surface area contributed by atoms with Crippen LogP contribution in [0.25, 0.3) is 0 Å². The highest BCUT2D eigenvalue weighted by Gasteiger charge is 2.47. The first-order chi connectivity index (χ1) is 14.7. The Hall–Kier alpha value is -3.03. The Kier molecular flexibility index (Phi) is 5.06. The van der Waals surface area contributed by atoms with Gasteiger partial charge < -0.3 is 14.6 Å². The van der Waals surface area contributed by atoms with Gasteiger partial charge in [0.25, 0.3) is 5.91 Å². The minimum atomic E-state index is -0.562. The molecule has 7 heteroatoms. The first-order valence-electron chi connectivity index (χ1n) is 10.4. The normalized spacial score (nSPS) is 20.6. The van der Waals surface area contributed by atoms with Crippen LogP contribution in [0.5, 0.6) is 0 Å². The molecule has 1 spiro atoms. The molecular weight excluding hydrogens is 378 g/mol. The molecule has 3 aromatic rings. The number of aromatic nitrogens is 3. The van der Waals surface area contributed by atoms with Gasteiger partial charge in [0.05, 0.1) is 18.4 Å². The summed E-state index contributed by atoms with van der Waals surface area (Å²) in [6.07, 6.45) is 8.14. The Labute approximate surface area is 175 Å². The number of carbonyl (C=O) groups excluding carboxylic acids is 1. The van der Waals surface area contributed by atoms with Gasteiger partial charge in [-0.2, -0.15) is 0 Å². The van der Waals surface area contributed by atoms with Crippen LogP contribution < -0.4 is 5.32 Å². The summed E-state index contributed by atoms with van der Waals surface area (Å²) in [5.41, 5.74) is 1.47. The number of imidazole rings is 1. The summed E-state index contributed by atoms with van der Waals surface area (Å²) in [6, 6.07) is 14.1. The van der Waals surface area contributed by atoms with Crippen molar-refractivity contribution >= 4 is 11.6 Å².